The lowest BCUT2D eigenvalue weighted by Gasteiger charge is -2.06. The zero-order valence-corrected chi connectivity index (χ0v) is 10.5. The first-order chi connectivity index (χ1) is 9.24. The Morgan fingerprint density at radius 3 is 2.84 bits per heavy atom. The molecule has 0 atom stereocenters. The van der Waals surface area contributed by atoms with E-state index in [1.807, 2.05) is 0 Å². The van der Waals surface area contributed by atoms with Crippen molar-refractivity contribution in [3.8, 4) is 0 Å². The molecule has 0 aliphatic heterocycles. The second-order valence-electron chi connectivity index (χ2n) is 3.62. The highest BCUT2D eigenvalue weighted by atomic mass is 16.5. The van der Waals surface area contributed by atoms with Gasteiger partial charge in [0, 0.05) is 25.5 Å². The Balaban J connectivity index is 2.08. The van der Waals surface area contributed by atoms with Crippen LogP contribution in [0, 0.1) is 0 Å². The lowest BCUT2D eigenvalue weighted by Crippen LogP contribution is -2.32. The predicted molar refractivity (Wildman–Crippen MR) is 67.5 cm³/mol. The number of nitrogens with one attached hydrogen (secondary N) is 2. The fourth-order valence-electron chi connectivity index (χ4n) is 1.25. The van der Waals surface area contributed by atoms with Crippen LogP contribution in [-0.2, 0) is 9.53 Å². The summed E-state index contributed by atoms with van der Waals surface area (Å²) in [6.07, 6.45) is 3.06. The molecule has 1 heterocycles. The van der Waals surface area contributed by atoms with E-state index in [0.29, 0.717) is 12.1 Å². The third kappa shape index (κ3) is 6.49. The average molecular weight is 267 g/mol. The molecule has 1 aromatic rings. The number of aliphatic hydroxyl groups excluding tert-OH is 1. The van der Waals surface area contributed by atoms with Gasteiger partial charge in [-0.25, -0.2) is 0 Å². The minimum Gasteiger partial charge on any atom is -0.395 e. The van der Waals surface area contributed by atoms with Gasteiger partial charge in [0.05, 0.1) is 18.8 Å². The van der Waals surface area contributed by atoms with Crippen LogP contribution in [0.1, 0.15) is 10.4 Å². The second kappa shape index (κ2) is 9.01. The number of pyridine rings is 1. The van der Waals surface area contributed by atoms with Crippen molar-refractivity contribution < 1.29 is 19.4 Å². The van der Waals surface area contributed by atoms with Crippen LogP contribution >= 0.6 is 0 Å². The zero-order valence-electron chi connectivity index (χ0n) is 10.5. The molecule has 0 fully saturated rings. The van der Waals surface area contributed by atoms with Gasteiger partial charge in [0.1, 0.15) is 6.61 Å². The third-order valence-corrected chi connectivity index (χ3v) is 2.12. The number of ether oxygens (including phenoxy) is 1. The van der Waals surface area contributed by atoms with Gasteiger partial charge in [-0.1, -0.05) is 0 Å². The van der Waals surface area contributed by atoms with E-state index in [1.54, 1.807) is 18.3 Å². The van der Waals surface area contributed by atoms with Gasteiger partial charge in [0.25, 0.3) is 5.91 Å². The normalized spacial score (nSPS) is 9.95. The van der Waals surface area contributed by atoms with Crippen LogP contribution in [0.15, 0.2) is 24.5 Å². The average Bonchev–Trinajstić information content (AvgIpc) is 2.45. The third-order valence-electron chi connectivity index (χ3n) is 2.12. The smallest absolute Gasteiger partial charge is 0.252 e. The maximum atomic E-state index is 11.6. The molecule has 19 heavy (non-hydrogen) atoms. The first-order valence-electron chi connectivity index (χ1n) is 5.87. The first-order valence-corrected chi connectivity index (χ1v) is 5.87. The quantitative estimate of drug-likeness (QED) is 0.521. The minimum atomic E-state index is -0.298. The molecule has 0 spiro atoms. The molecule has 0 radical (unpaired) electrons. The van der Waals surface area contributed by atoms with Crippen LogP contribution in [0.5, 0.6) is 0 Å². The van der Waals surface area contributed by atoms with Gasteiger partial charge < -0.3 is 20.5 Å². The molecule has 0 aliphatic rings. The van der Waals surface area contributed by atoms with Gasteiger partial charge in [-0.2, -0.15) is 0 Å². The molecule has 3 N–H and O–H groups in total. The molecule has 0 saturated heterocycles. The van der Waals surface area contributed by atoms with Crippen LogP contribution < -0.4 is 10.6 Å². The van der Waals surface area contributed by atoms with Crippen LogP contribution in [0.3, 0.4) is 0 Å². The van der Waals surface area contributed by atoms with Gasteiger partial charge >= 0.3 is 0 Å². The summed E-state index contributed by atoms with van der Waals surface area (Å²) < 4.78 is 5.05. The SMILES string of the molecule is O=C(COCCNC(=O)c1cccnc1)NCCO. The molecule has 0 unspecified atom stereocenters. The number of rotatable bonds is 8. The van der Waals surface area contributed by atoms with E-state index >= 15 is 0 Å². The Morgan fingerprint density at radius 1 is 1.32 bits per heavy atom. The molecule has 0 saturated carbocycles. The van der Waals surface area contributed by atoms with E-state index in [1.165, 1.54) is 6.20 Å². The van der Waals surface area contributed by atoms with E-state index in [2.05, 4.69) is 15.6 Å². The van der Waals surface area contributed by atoms with E-state index in [4.69, 9.17) is 9.84 Å². The summed E-state index contributed by atoms with van der Waals surface area (Å²) in [4.78, 5) is 26.5. The molecular weight excluding hydrogens is 250 g/mol. The number of carbonyl (C=O) groups excluding carboxylic acids is 2. The predicted octanol–water partition coefficient (Wildman–Crippen LogP) is -1.06. The molecule has 7 nitrogen and oxygen atoms in total. The van der Waals surface area contributed by atoms with E-state index in [9.17, 15) is 9.59 Å². The minimum absolute atomic E-state index is 0.0945. The molecule has 0 aliphatic carbocycles. The number of hydrogen-bond acceptors (Lipinski definition) is 5. The highest BCUT2D eigenvalue weighted by Gasteiger charge is 2.04. The Hall–Kier alpha value is -1.99. The van der Waals surface area contributed by atoms with Crippen LogP contribution in [0.2, 0.25) is 0 Å². The summed E-state index contributed by atoms with van der Waals surface area (Å²) >= 11 is 0. The Morgan fingerprint density at radius 2 is 2.16 bits per heavy atom. The van der Waals surface area contributed by atoms with Crippen molar-refractivity contribution in [3.05, 3.63) is 30.1 Å². The highest BCUT2D eigenvalue weighted by molar-refractivity contribution is 5.93. The first kappa shape index (κ1) is 15.1. The van der Waals surface area contributed by atoms with E-state index in [0.717, 1.165) is 0 Å². The second-order valence-corrected chi connectivity index (χ2v) is 3.62. The van der Waals surface area contributed by atoms with E-state index < -0.39 is 0 Å². The van der Waals surface area contributed by atoms with Crippen molar-refractivity contribution in [1.82, 2.24) is 15.6 Å². The van der Waals surface area contributed by atoms with Crippen LogP contribution in [0.25, 0.3) is 0 Å². The molecule has 7 heteroatoms. The number of amides is 2. The van der Waals surface area contributed by atoms with Gasteiger partial charge in [-0.15, -0.1) is 0 Å². The van der Waals surface area contributed by atoms with Crippen molar-refractivity contribution >= 4 is 11.8 Å². The summed E-state index contributed by atoms with van der Waals surface area (Å²) in [5.41, 5.74) is 0.475. The molecule has 0 aromatic carbocycles. The molecule has 104 valence electrons. The van der Waals surface area contributed by atoms with Gasteiger partial charge in [0.2, 0.25) is 5.91 Å². The Kier molecular flexibility index (Phi) is 7.14. The largest absolute Gasteiger partial charge is 0.395 e. The summed E-state index contributed by atoms with van der Waals surface area (Å²) in [7, 11) is 0. The monoisotopic (exact) mass is 267 g/mol. The molecule has 0 bridgehead atoms. The van der Waals surface area contributed by atoms with Gasteiger partial charge in [-0.3, -0.25) is 14.6 Å². The number of aromatic nitrogens is 1. The van der Waals surface area contributed by atoms with Gasteiger partial charge in [0.15, 0.2) is 0 Å². The number of aliphatic hydroxyl groups is 1. The number of nitrogens with zero attached hydrogens (tertiary/aromatic N) is 1. The fraction of sp³-hybridized carbons (Fsp3) is 0.417. The summed E-state index contributed by atoms with van der Waals surface area (Å²) in [5, 5.41) is 13.6. The fourth-order valence-corrected chi connectivity index (χ4v) is 1.25. The van der Waals surface area contributed by atoms with Crippen molar-refractivity contribution in [1.29, 1.82) is 0 Å². The molecule has 1 aromatic heterocycles. The van der Waals surface area contributed by atoms with Crippen molar-refractivity contribution in [2.24, 2.45) is 0 Å². The molecule has 1 rings (SSSR count). The summed E-state index contributed by atoms with van der Waals surface area (Å²) in [5.74, 6) is -0.533. The standard InChI is InChI=1S/C12H17N3O4/c16-6-4-14-11(17)9-19-7-5-15-12(18)10-2-1-3-13-8-10/h1-3,8,16H,4-7,9H2,(H,14,17)(H,15,18). The lowest BCUT2D eigenvalue weighted by atomic mass is 10.3. The maximum absolute atomic E-state index is 11.6. The molecule has 2 amide bonds. The Labute approximate surface area is 111 Å². The number of carbonyl (C=O) groups is 2. The highest BCUT2D eigenvalue weighted by Crippen LogP contribution is 1.94. The van der Waals surface area contributed by atoms with Gasteiger partial charge in [-0.05, 0) is 12.1 Å². The summed E-state index contributed by atoms with van der Waals surface area (Å²) in [6.45, 7) is 0.551. The van der Waals surface area contributed by atoms with E-state index in [-0.39, 0.29) is 38.2 Å². The van der Waals surface area contributed by atoms with Crippen LogP contribution in [0.4, 0.5) is 0 Å². The van der Waals surface area contributed by atoms with Crippen molar-refractivity contribution in [3.63, 3.8) is 0 Å². The Bertz CT molecular complexity index is 397. The van der Waals surface area contributed by atoms with Crippen molar-refractivity contribution in [2.75, 3.05) is 32.9 Å². The van der Waals surface area contributed by atoms with Crippen molar-refractivity contribution in [2.45, 2.75) is 0 Å². The lowest BCUT2D eigenvalue weighted by molar-refractivity contribution is -0.125. The maximum Gasteiger partial charge on any atom is 0.252 e. The molecular formula is C12H17N3O4. The zero-order chi connectivity index (χ0) is 13.9. The summed E-state index contributed by atoms with van der Waals surface area (Å²) in [6, 6.07) is 3.34. The number of hydrogen-bond donors (Lipinski definition) is 3. The topological polar surface area (TPSA) is 101 Å². The van der Waals surface area contributed by atoms with Crippen LogP contribution in [-0.4, -0.2) is 54.8 Å².